The van der Waals surface area contributed by atoms with Gasteiger partial charge in [0, 0.05) is 19.5 Å². The maximum Gasteiger partial charge on any atom is 0.326 e. The molecular formula is C35H60N12O7. The summed E-state index contributed by atoms with van der Waals surface area (Å²) >= 11 is 0. The molecule has 0 aromatic heterocycles. The van der Waals surface area contributed by atoms with E-state index in [0.717, 1.165) is 0 Å². The van der Waals surface area contributed by atoms with Gasteiger partial charge in [0.2, 0.25) is 29.5 Å². The van der Waals surface area contributed by atoms with E-state index in [1.807, 2.05) is 6.92 Å². The van der Waals surface area contributed by atoms with Crippen molar-refractivity contribution in [3.8, 4) is 0 Å². The molecule has 5 amide bonds. The normalized spacial score (nSPS) is 14.7. The van der Waals surface area contributed by atoms with Gasteiger partial charge in [0.1, 0.15) is 30.2 Å². The molecule has 7 atom stereocenters. The van der Waals surface area contributed by atoms with Gasteiger partial charge in [-0.2, -0.15) is 0 Å². The summed E-state index contributed by atoms with van der Waals surface area (Å²) in [6.07, 6.45) is 1.68. The second-order valence-electron chi connectivity index (χ2n) is 13.1. The number of benzene rings is 1. The van der Waals surface area contributed by atoms with Gasteiger partial charge in [-0.05, 0) is 43.1 Å². The number of amides is 5. The number of guanidine groups is 2. The average Bonchev–Trinajstić information content (AvgIpc) is 3.13. The lowest BCUT2D eigenvalue weighted by Crippen LogP contribution is -2.60. The van der Waals surface area contributed by atoms with Crippen molar-refractivity contribution < 1.29 is 33.9 Å². The van der Waals surface area contributed by atoms with Crippen molar-refractivity contribution in [1.82, 2.24) is 26.6 Å². The molecule has 0 radical (unpaired) electrons. The van der Waals surface area contributed by atoms with Gasteiger partial charge in [-0.15, -0.1) is 0 Å². The van der Waals surface area contributed by atoms with Crippen molar-refractivity contribution >= 4 is 47.4 Å². The highest BCUT2D eigenvalue weighted by Crippen LogP contribution is 2.13. The first kappa shape index (κ1) is 46.6. The summed E-state index contributed by atoms with van der Waals surface area (Å²) in [6, 6.07) is 2.94. The maximum absolute atomic E-state index is 14.0. The number of carbonyl (C=O) groups excluding carboxylic acids is 5. The van der Waals surface area contributed by atoms with Crippen molar-refractivity contribution in [2.75, 3.05) is 19.6 Å². The minimum atomic E-state index is -1.24. The summed E-state index contributed by atoms with van der Waals surface area (Å²) in [6.45, 7) is 7.00. The minimum Gasteiger partial charge on any atom is -0.480 e. The van der Waals surface area contributed by atoms with Crippen LogP contribution in [0.3, 0.4) is 0 Å². The van der Waals surface area contributed by atoms with E-state index < -0.39 is 77.6 Å². The summed E-state index contributed by atoms with van der Waals surface area (Å²) in [4.78, 5) is 87.1. The first-order valence-corrected chi connectivity index (χ1v) is 18.1. The van der Waals surface area contributed by atoms with Crippen LogP contribution in [0.2, 0.25) is 0 Å². The zero-order valence-corrected chi connectivity index (χ0v) is 31.7. The predicted octanol–water partition coefficient (Wildman–Crippen LogP) is -2.10. The van der Waals surface area contributed by atoms with E-state index in [2.05, 4.69) is 36.6 Å². The molecule has 16 N–H and O–H groups in total. The zero-order valence-electron chi connectivity index (χ0n) is 31.7. The minimum absolute atomic E-state index is 0.00647. The van der Waals surface area contributed by atoms with Crippen LogP contribution in [0.5, 0.6) is 0 Å². The van der Waals surface area contributed by atoms with Gasteiger partial charge in [0.25, 0.3) is 0 Å². The molecule has 19 nitrogen and oxygen atoms in total. The number of carbonyl (C=O) groups is 6. The molecule has 0 saturated carbocycles. The van der Waals surface area contributed by atoms with Crippen LogP contribution in [-0.2, 0) is 35.2 Å². The van der Waals surface area contributed by atoms with Gasteiger partial charge >= 0.3 is 5.97 Å². The number of nitrogens with zero attached hydrogens (tertiary/aromatic N) is 2. The Morgan fingerprint density at radius 2 is 1.09 bits per heavy atom. The van der Waals surface area contributed by atoms with E-state index >= 15 is 0 Å². The Balaban J connectivity index is 3.43. The smallest absolute Gasteiger partial charge is 0.326 e. The van der Waals surface area contributed by atoms with Crippen molar-refractivity contribution in [1.29, 1.82) is 0 Å². The summed E-state index contributed by atoms with van der Waals surface area (Å²) in [5.74, 6) is -5.74. The summed E-state index contributed by atoms with van der Waals surface area (Å²) < 4.78 is 0. The fourth-order valence-electron chi connectivity index (χ4n) is 5.28. The molecule has 54 heavy (non-hydrogen) atoms. The van der Waals surface area contributed by atoms with E-state index in [1.54, 1.807) is 51.1 Å². The van der Waals surface area contributed by atoms with Crippen molar-refractivity contribution in [2.24, 2.45) is 50.5 Å². The van der Waals surface area contributed by atoms with Crippen LogP contribution in [0.1, 0.15) is 71.8 Å². The molecule has 0 saturated heterocycles. The number of nitrogens with two attached hydrogens (primary N) is 5. The molecule has 0 heterocycles. The number of aliphatic carboxylic acids is 1. The molecule has 302 valence electrons. The molecule has 0 aliphatic carbocycles. The number of carboxylic acid groups (broad SMARTS) is 1. The lowest BCUT2D eigenvalue weighted by Gasteiger charge is -2.29. The van der Waals surface area contributed by atoms with E-state index in [-0.39, 0.29) is 57.2 Å². The Morgan fingerprint density at radius 1 is 0.648 bits per heavy atom. The van der Waals surface area contributed by atoms with Crippen LogP contribution in [-0.4, -0.2) is 102 Å². The number of aliphatic imine (C=N–C) groups is 2. The molecule has 19 heteroatoms. The van der Waals surface area contributed by atoms with Crippen LogP contribution >= 0.6 is 0 Å². The number of nitrogens with one attached hydrogen (secondary N) is 5. The predicted molar refractivity (Wildman–Crippen MR) is 205 cm³/mol. The quantitative estimate of drug-likeness (QED) is 0.0290. The van der Waals surface area contributed by atoms with Gasteiger partial charge in [-0.3, -0.25) is 34.0 Å². The van der Waals surface area contributed by atoms with Gasteiger partial charge in [0.15, 0.2) is 11.9 Å². The molecule has 0 bridgehead atoms. The van der Waals surface area contributed by atoms with E-state index in [9.17, 15) is 33.9 Å². The van der Waals surface area contributed by atoms with Crippen molar-refractivity contribution in [3.05, 3.63) is 35.9 Å². The van der Waals surface area contributed by atoms with Crippen molar-refractivity contribution in [2.45, 2.75) is 103 Å². The monoisotopic (exact) mass is 760 g/mol. The zero-order chi connectivity index (χ0) is 40.8. The highest BCUT2D eigenvalue weighted by molar-refractivity contribution is 5.96. The SMILES string of the molecule is CCC(C)C(NC(=O)C(CCCN=C(N)N)NC(=O)C(Cc1ccccc1)NC(=O)C(NC(=O)C(CCCN=C(N)N)NC(=O)CN)C(C)CC)C(=O)O. The van der Waals surface area contributed by atoms with Crippen LogP contribution in [0, 0.1) is 11.8 Å². The highest BCUT2D eigenvalue weighted by atomic mass is 16.4. The summed E-state index contributed by atoms with van der Waals surface area (Å²) in [5, 5.41) is 23.1. The summed E-state index contributed by atoms with van der Waals surface area (Å²) in [7, 11) is 0. The molecule has 0 aliphatic rings. The maximum atomic E-state index is 14.0. The molecule has 1 aromatic carbocycles. The molecule has 1 aromatic rings. The molecule has 0 spiro atoms. The molecule has 7 unspecified atom stereocenters. The Morgan fingerprint density at radius 3 is 1.56 bits per heavy atom. The molecular weight excluding hydrogens is 700 g/mol. The van der Waals surface area contributed by atoms with Crippen LogP contribution in [0.15, 0.2) is 40.3 Å². The number of hydrogen-bond acceptors (Lipinski definition) is 9. The number of carboxylic acids is 1. The third-order valence-corrected chi connectivity index (χ3v) is 8.85. The Hall–Kier alpha value is -5.46. The van der Waals surface area contributed by atoms with Gasteiger partial charge in [-0.1, -0.05) is 70.9 Å². The third-order valence-electron chi connectivity index (χ3n) is 8.85. The molecule has 1 rings (SSSR count). The van der Waals surface area contributed by atoms with Gasteiger partial charge in [0.05, 0.1) is 6.54 Å². The van der Waals surface area contributed by atoms with Crippen LogP contribution < -0.4 is 55.3 Å². The molecule has 0 aliphatic heterocycles. The second-order valence-corrected chi connectivity index (χ2v) is 13.1. The first-order chi connectivity index (χ1) is 25.5. The number of rotatable bonds is 25. The van der Waals surface area contributed by atoms with Crippen LogP contribution in [0.4, 0.5) is 0 Å². The largest absolute Gasteiger partial charge is 0.480 e. The first-order valence-electron chi connectivity index (χ1n) is 18.1. The fraction of sp³-hybridized carbons (Fsp3) is 0.600. The Bertz CT molecular complexity index is 1430. The van der Waals surface area contributed by atoms with Gasteiger partial charge in [-0.25, -0.2) is 4.79 Å². The fourth-order valence-corrected chi connectivity index (χ4v) is 5.28. The highest BCUT2D eigenvalue weighted by Gasteiger charge is 2.34. The van der Waals surface area contributed by atoms with E-state index in [0.29, 0.717) is 24.8 Å². The van der Waals surface area contributed by atoms with Crippen molar-refractivity contribution in [3.63, 3.8) is 0 Å². The van der Waals surface area contributed by atoms with Gasteiger partial charge < -0.3 is 60.4 Å². The second kappa shape index (κ2) is 24.7. The lowest BCUT2D eigenvalue weighted by atomic mass is 9.96. The van der Waals surface area contributed by atoms with E-state index in [4.69, 9.17) is 28.7 Å². The lowest BCUT2D eigenvalue weighted by molar-refractivity contribution is -0.144. The Labute approximate surface area is 316 Å². The topological polar surface area (TPSA) is 338 Å². The standard InChI is InChI=1S/C35H60N12O7/c1-5-20(3)27(46-29(49)23(43-26(48)19-36)14-10-16-41-34(37)38)32(52)45-25(18-22-12-8-7-9-13-22)31(51)44-24(15-11-17-42-35(39)40)30(50)47-28(33(53)54)21(4)6-2/h7-9,12-13,20-21,23-25,27-28H,5-6,10-11,14-19,36H2,1-4H3,(H,43,48)(H,44,51)(H,45,52)(H,46,49)(H,47,50)(H,53,54)(H4,37,38,41)(H4,39,40,42). The number of hydrogen-bond donors (Lipinski definition) is 11. The van der Waals surface area contributed by atoms with E-state index in [1.165, 1.54) is 0 Å². The molecule has 0 fully saturated rings. The third kappa shape index (κ3) is 17.4. The Kier molecular flexibility index (Phi) is 21.3. The average molecular weight is 761 g/mol. The summed E-state index contributed by atoms with van der Waals surface area (Å²) in [5.41, 5.74) is 27.8. The van der Waals surface area contributed by atoms with Crippen LogP contribution in [0.25, 0.3) is 0 Å².